The highest BCUT2D eigenvalue weighted by molar-refractivity contribution is 5.76. The molecule has 0 fully saturated rings. The summed E-state index contributed by atoms with van der Waals surface area (Å²) in [5.74, 6) is -0.0776. The van der Waals surface area contributed by atoms with Gasteiger partial charge in [-0.15, -0.1) is 0 Å². The summed E-state index contributed by atoms with van der Waals surface area (Å²) in [5.41, 5.74) is 0. The molecule has 0 aliphatic carbocycles. The van der Waals surface area contributed by atoms with Crippen LogP contribution in [0.5, 0.6) is 0 Å². The second-order valence-electron chi connectivity index (χ2n) is 10.9. The molecule has 2 atom stereocenters. The van der Waals surface area contributed by atoms with Crippen molar-refractivity contribution in [3.8, 4) is 0 Å². The molecule has 0 saturated carbocycles. The third-order valence-corrected chi connectivity index (χ3v) is 7.27. The molecule has 0 aliphatic heterocycles. The number of aliphatic hydroxyl groups is 2. The van der Waals surface area contributed by atoms with Gasteiger partial charge in [0.05, 0.1) is 18.8 Å². The molecule has 0 bridgehead atoms. The highest BCUT2D eigenvalue weighted by Crippen LogP contribution is 2.14. The number of aliphatic hydroxyl groups excluding tert-OH is 2. The molecular weight excluding hydrogens is 446 g/mol. The van der Waals surface area contributed by atoms with Crippen LogP contribution < -0.4 is 5.32 Å². The van der Waals surface area contributed by atoms with Gasteiger partial charge in [0.2, 0.25) is 5.91 Å². The van der Waals surface area contributed by atoms with Crippen molar-refractivity contribution in [2.45, 2.75) is 180 Å². The van der Waals surface area contributed by atoms with Crippen LogP contribution in [0.15, 0.2) is 12.2 Å². The first kappa shape index (κ1) is 35.1. The van der Waals surface area contributed by atoms with Crippen LogP contribution in [-0.2, 0) is 4.79 Å². The summed E-state index contributed by atoms with van der Waals surface area (Å²) >= 11 is 0. The fraction of sp³-hybridized carbons (Fsp3) is 0.906. The number of carbonyl (C=O) groups is 1. The molecule has 0 saturated heterocycles. The van der Waals surface area contributed by atoms with E-state index in [1.807, 2.05) is 6.08 Å². The number of hydrogen-bond acceptors (Lipinski definition) is 3. The largest absolute Gasteiger partial charge is 0.394 e. The molecule has 0 heterocycles. The Labute approximate surface area is 225 Å². The van der Waals surface area contributed by atoms with Gasteiger partial charge in [0.15, 0.2) is 0 Å². The zero-order chi connectivity index (χ0) is 26.5. The lowest BCUT2D eigenvalue weighted by atomic mass is 10.0. The monoisotopic (exact) mass is 509 g/mol. The van der Waals surface area contributed by atoms with Crippen LogP contribution >= 0.6 is 0 Å². The van der Waals surface area contributed by atoms with Crippen molar-refractivity contribution in [1.82, 2.24) is 5.32 Å². The summed E-state index contributed by atoms with van der Waals surface area (Å²) < 4.78 is 0. The Morgan fingerprint density at radius 1 is 0.639 bits per heavy atom. The molecule has 0 aromatic heterocycles. The first-order valence-electron chi connectivity index (χ1n) is 15.9. The van der Waals surface area contributed by atoms with E-state index >= 15 is 0 Å². The van der Waals surface area contributed by atoms with E-state index in [2.05, 4.69) is 19.2 Å². The van der Waals surface area contributed by atoms with Crippen LogP contribution in [0.25, 0.3) is 0 Å². The van der Waals surface area contributed by atoms with Crippen molar-refractivity contribution in [1.29, 1.82) is 0 Å². The van der Waals surface area contributed by atoms with E-state index in [4.69, 9.17) is 0 Å². The number of unbranched alkanes of at least 4 members (excludes halogenated alkanes) is 21. The average molecular weight is 510 g/mol. The minimum absolute atomic E-state index is 0.0776. The van der Waals surface area contributed by atoms with Crippen LogP contribution in [0.4, 0.5) is 0 Å². The fourth-order valence-corrected chi connectivity index (χ4v) is 4.76. The minimum Gasteiger partial charge on any atom is -0.394 e. The molecule has 1 amide bonds. The van der Waals surface area contributed by atoms with E-state index in [1.165, 1.54) is 116 Å². The van der Waals surface area contributed by atoms with Crippen LogP contribution in [0.1, 0.15) is 168 Å². The standard InChI is InChI=1S/C32H63NO3/c1-3-5-7-9-10-11-12-13-14-15-16-17-18-19-20-21-22-24-25-27-31(35)30(29-34)33-32(36)28-26-23-8-6-4-2/h25,27,30-31,34-35H,3-24,26,28-29H2,1-2H3,(H,33,36)/b27-25+. The highest BCUT2D eigenvalue weighted by Gasteiger charge is 2.17. The Morgan fingerprint density at radius 2 is 1.03 bits per heavy atom. The molecular formula is C32H63NO3. The Balaban J connectivity index is 3.53. The van der Waals surface area contributed by atoms with Gasteiger partial charge in [0.1, 0.15) is 0 Å². The third kappa shape index (κ3) is 24.8. The topological polar surface area (TPSA) is 69.6 Å². The van der Waals surface area contributed by atoms with E-state index in [0.29, 0.717) is 6.42 Å². The molecule has 0 aliphatic rings. The molecule has 4 nitrogen and oxygen atoms in total. The average Bonchev–Trinajstić information content (AvgIpc) is 2.88. The molecule has 36 heavy (non-hydrogen) atoms. The van der Waals surface area contributed by atoms with Crippen molar-refractivity contribution in [3.63, 3.8) is 0 Å². The first-order chi connectivity index (χ1) is 17.7. The fourth-order valence-electron chi connectivity index (χ4n) is 4.76. The maximum absolute atomic E-state index is 12.0. The molecule has 0 spiro atoms. The van der Waals surface area contributed by atoms with E-state index in [9.17, 15) is 15.0 Å². The SMILES string of the molecule is CCCCCCCCCCCCCCCCCCC/C=C/C(O)C(CO)NC(=O)CCCCCCC. The van der Waals surface area contributed by atoms with Gasteiger partial charge in [-0.25, -0.2) is 0 Å². The van der Waals surface area contributed by atoms with Crippen molar-refractivity contribution in [2.24, 2.45) is 0 Å². The smallest absolute Gasteiger partial charge is 0.220 e. The lowest BCUT2D eigenvalue weighted by molar-refractivity contribution is -0.123. The summed E-state index contributed by atoms with van der Waals surface area (Å²) in [6.07, 6.45) is 33.2. The summed E-state index contributed by atoms with van der Waals surface area (Å²) in [6, 6.07) is -0.611. The van der Waals surface area contributed by atoms with Gasteiger partial charge < -0.3 is 15.5 Å². The molecule has 0 aromatic rings. The van der Waals surface area contributed by atoms with Crippen molar-refractivity contribution in [2.75, 3.05) is 6.61 Å². The maximum atomic E-state index is 12.0. The number of carbonyl (C=O) groups excluding carboxylic acids is 1. The van der Waals surface area contributed by atoms with Gasteiger partial charge in [0, 0.05) is 6.42 Å². The van der Waals surface area contributed by atoms with Gasteiger partial charge in [-0.05, 0) is 19.3 Å². The number of rotatable bonds is 28. The lowest BCUT2D eigenvalue weighted by Crippen LogP contribution is -2.45. The second-order valence-corrected chi connectivity index (χ2v) is 10.9. The summed E-state index contributed by atoms with van der Waals surface area (Å²) in [7, 11) is 0. The highest BCUT2D eigenvalue weighted by atomic mass is 16.3. The molecule has 0 rings (SSSR count). The Hall–Kier alpha value is -0.870. The maximum Gasteiger partial charge on any atom is 0.220 e. The van der Waals surface area contributed by atoms with E-state index in [1.54, 1.807) is 6.08 Å². The summed E-state index contributed by atoms with van der Waals surface area (Å²) in [4.78, 5) is 12.0. The van der Waals surface area contributed by atoms with Gasteiger partial charge in [-0.3, -0.25) is 4.79 Å². The van der Waals surface area contributed by atoms with Crippen LogP contribution in [0.2, 0.25) is 0 Å². The molecule has 4 heteroatoms. The predicted molar refractivity (Wildman–Crippen MR) is 156 cm³/mol. The van der Waals surface area contributed by atoms with Crippen LogP contribution in [-0.4, -0.2) is 34.9 Å². The van der Waals surface area contributed by atoms with Gasteiger partial charge in [0.25, 0.3) is 0 Å². The van der Waals surface area contributed by atoms with E-state index in [0.717, 1.165) is 32.1 Å². The molecule has 0 radical (unpaired) electrons. The predicted octanol–water partition coefficient (Wildman–Crippen LogP) is 8.78. The van der Waals surface area contributed by atoms with Crippen molar-refractivity contribution >= 4 is 5.91 Å². The van der Waals surface area contributed by atoms with Crippen molar-refractivity contribution in [3.05, 3.63) is 12.2 Å². The quantitative estimate of drug-likeness (QED) is 0.0729. The first-order valence-corrected chi connectivity index (χ1v) is 15.9. The normalized spacial score (nSPS) is 13.3. The second kappa shape index (κ2) is 28.7. The van der Waals surface area contributed by atoms with Gasteiger partial charge in [-0.2, -0.15) is 0 Å². The number of nitrogens with one attached hydrogen (secondary N) is 1. The lowest BCUT2D eigenvalue weighted by Gasteiger charge is -2.20. The summed E-state index contributed by atoms with van der Waals surface area (Å²) in [5, 5.41) is 22.6. The van der Waals surface area contributed by atoms with Crippen LogP contribution in [0, 0.1) is 0 Å². The Morgan fingerprint density at radius 3 is 1.44 bits per heavy atom. The van der Waals surface area contributed by atoms with E-state index in [-0.39, 0.29) is 12.5 Å². The van der Waals surface area contributed by atoms with Gasteiger partial charge >= 0.3 is 0 Å². The van der Waals surface area contributed by atoms with Crippen LogP contribution in [0.3, 0.4) is 0 Å². The van der Waals surface area contributed by atoms with E-state index < -0.39 is 12.1 Å². The zero-order valence-electron chi connectivity index (χ0n) is 24.3. The Bertz CT molecular complexity index is 480. The zero-order valence-corrected chi connectivity index (χ0v) is 24.3. The third-order valence-electron chi connectivity index (χ3n) is 7.27. The molecule has 3 N–H and O–H groups in total. The minimum atomic E-state index is -0.829. The molecule has 2 unspecified atom stereocenters. The van der Waals surface area contributed by atoms with Crippen molar-refractivity contribution < 1.29 is 15.0 Å². The number of amides is 1. The Kier molecular flexibility index (Phi) is 28.0. The molecule has 214 valence electrons. The summed E-state index contributed by atoms with van der Waals surface area (Å²) in [6.45, 7) is 4.21. The molecule has 0 aromatic carbocycles. The van der Waals surface area contributed by atoms with Gasteiger partial charge in [-0.1, -0.05) is 154 Å². The number of allylic oxidation sites excluding steroid dienone is 1. The number of hydrogen-bond donors (Lipinski definition) is 3.